The molecule has 1 aromatic carbocycles. The molecule has 0 spiro atoms. The summed E-state index contributed by atoms with van der Waals surface area (Å²) in [7, 11) is 1.78. The molecule has 0 unspecified atom stereocenters. The van der Waals surface area contributed by atoms with Crippen LogP contribution in [0.2, 0.25) is 0 Å². The minimum absolute atomic E-state index is 0.139. The highest BCUT2D eigenvalue weighted by atomic mass is 19.1. The number of halogens is 1. The van der Waals surface area contributed by atoms with E-state index in [1.165, 1.54) is 6.07 Å². The Morgan fingerprint density at radius 1 is 1.26 bits per heavy atom. The van der Waals surface area contributed by atoms with E-state index in [0.29, 0.717) is 30.0 Å². The first kappa shape index (κ1) is 19.7. The number of fused-ring (bicyclic) bond motifs is 2. The average Bonchev–Trinajstić information content (AvgIpc) is 3.29. The van der Waals surface area contributed by atoms with Gasteiger partial charge in [0.25, 0.3) is 0 Å². The normalized spacial score (nSPS) is 20.9. The number of amides is 2. The summed E-state index contributed by atoms with van der Waals surface area (Å²) in [6.45, 7) is 6.68. The Kier molecular flexibility index (Phi) is 4.77. The lowest BCUT2D eigenvalue weighted by molar-refractivity contribution is 0.257. The van der Waals surface area contributed by atoms with Crippen molar-refractivity contribution in [2.75, 3.05) is 34.8 Å². The van der Waals surface area contributed by atoms with Crippen molar-refractivity contribution in [1.82, 2.24) is 20.1 Å². The molecule has 4 heterocycles. The second-order valence-corrected chi connectivity index (χ2v) is 8.53. The maximum Gasteiger partial charge on any atom is 0.327 e. The molecular formula is C22H26FN7O. The van der Waals surface area contributed by atoms with E-state index >= 15 is 0 Å². The Labute approximate surface area is 180 Å². The number of nitrogens with one attached hydrogen (secondary N) is 2. The molecule has 2 atom stereocenters. The van der Waals surface area contributed by atoms with Crippen molar-refractivity contribution in [3.05, 3.63) is 42.0 Å². The summed E-state index contributed by atoms with van der Waals surface area (Å²) in [4.78, 5) is 21.5. The van der Waals surface area contributed by atoms with Gasteiger partial charge in [0.05, 0.1) is 11.2 Å². The zero-order valence-electron chi connectivity index (χ0n) is 17.9. The molecule has 31 heavy (non-hydrogen) atoms. The summed E-state index contributed by atoms with van der Waals surface area (Å²) in [6, 6.07) is 5.37. The molecule has 2 aliphatic rings. The molecular weight excluding hydrogens is 397 g/mol. The number of hydrogen-bond acceptors (Lipinski definition) is 5. The maximum atomic E-state index is 14.5. The molecule has 2 aliphatic heterocycles. The lowest BCUT2D eigenvalue weighted by Crippen LogP contribution is -2.54. The SMILES string of the molecule is C[C@@H]1CN(c2ccnc3c2CCN3C(=O)Nc2cc3cn(C)nc3cc2F)C[C@H](C)N1. The van der Waals surface area contributed by atoms with Crippen LogP contribution in [0.5, 0.6) is 0 Å². The lowest BCUT2D eigenvalue weighted by Gasteiger charge is -2.38. The molecule has 0 aliphatic carbocycles. The molecule has 2 amide bonds. The van der Waals surface area contributed by atoms with Gasteiger partial charge in [-0.1, -0.05) is 0 Å². The fraction of sp³-hybridized carbons (Fsp3) is 0.409. The minimum Gasteiger partial charge on any atom is -0.368 e. The zero-order chi connectivity index (χ0) is 21.7. The predicted octanol–water partition coefficient (Wildman–Crippen LogP) is 2.89. The van der Waals surface area contributed by atoms with Gasteiger partial charge in [-0.05, 0) is 32.4 Å². The first-order valence-corrected chi connectivity index (χ1v) is 10.6. The van der Waals surface area contributed by atoms with Crippen LogP contribution in [0.3, 0.4) is 0 Å². The van der Waals surface area contributed by atoms with Crippen molar-refractivity contribution < 1.29 is 9.18 Å². The Morgan fingerprint density at radius 3 is 2.81 bits per heavy atom. The Hall–Kier alpha value is -3.20. The summed E-state index contributed by atoms with van der Waals surface area (Å²) in [5.41, 5.74) is 2.89. The highest BCUT2D eigenvalue weighted by Gasteiger charge is 2.31. The van der Waals surface area contributed by atoms with Gasteiger partial charge in [0.2, 0.25) is 0 Å². The third-order valence-electron chi connectivity index (χ3n) is 5.94. The second-order valence-electron chi connectivity index (χ2n) is 8.53. The van der Waals surface area contributed by atoms with Gasteiger partial charge in [0.15, 0.2) is 0 Å². The van der Waals surface area contributed by atoms with E-state index in [9.17, 15) is 9.18 Å². The Bertz CT molecular complexity index is 1150. The number of aryl methyl sites for hydroxylation is 1. The van der Waals surface area contributed by atoms with Gasteiger partial charge >= 0.3 is 6.03 Å². The molecule has 1 fully saturated rings. The van der Waals surface area contributed by atoms with E-state index in [1.807, 2.05) is 6.07 Å². The van der Waals surface area contributed by atoms with Crippen LogP contribution < -0.4 is 20.4 Å². The molecule has 0 saturated carbocycles. The molecule has 0 radical (unpaired) electrons. The number of rotatable bonds is 2. The molecule has 3 aromatic rings. The molecule has 9 heteroatoms. The molecule has 8 nitrogen and oxygen atoms in total. The number of benzene rings is 1. The first-order valence-electron chi connectivity index (χ1n) is 10.6. The summed E-state index contributed by atoms with van der Waals surface area (Å²) in [6.07, 6.45) is 4.26. The smallest absolute Gasteiger partial charge is 0.327 e. The number of carbonyl (C=O) groups is 1. The fourth-order valence-corrected chi connectivity index (χ4v) is 4.74. The molecule has 0 bridgehead atoms. The van der Waals surface area contributed by atoms with Gasteiger partial charge in [0, 0.05) is 73.9 Å². The third-order valence-corrected chi connectivity index (χ3v) is 5.94. The van der Waals surface area contributed by atoms with Crippen LogP contribution in [-0.4, -0.2) is 52.5 Å². The van der Waals surface area contributed by atoms with Gasteiger partial charge in [0.1, 0.15) is 11.6 Å². The summed E-state index contributed by atoms with van der Waals surface area (Å²) < 4.78 is 16.2. The monoisotopic (exact) mass is 423 g/mol. The van der Waals surface area contributed by atoms with Crippen LogP contribution in [0.15, 0.2) is 30.6 Å². The van der Waals surface area contributed by atoms with Crippen LogP contribution in [0, 0.1) is 5.82 Å². The van der Waals surface area contributed by atoms with Crippen molar-refractivity contribution >= 4 is 34.1 Å². The van der Waals surface area contributed by atoms with Crippen molar-refractivity contribution in [3.8, 4) is 0 Å². The molecule has 5 rings (SSSR count). The summed E-state index contributed by atoms with van der Waals surface area (Å²) in [5.74, 6) is 0.140. The van der Waals surface area contributed by atoms with Crippen LogP contribution in [0.4, 0.5) is 26.4 Å². The topological polar surface area (TPSA) is 78.3 Å². The zero-order valence-corrected chi connectivity index (χ0v) is 17.9. The standard InChI is InChI=1S/C22H26FN7O/c1-13-10-29(11-14(2)25-13)20-4-6-24-21-16(20)5-7-30(21)22(31)26-19-8-15-12-28(3)27-18(15)9-17(19)23/h4,6,8-9,12-14,25H,5,7,10-11H2,1-3H3,(H,26,31)/t13-,14+. The first-order chi connectivity index (χ1) is 14.9. The number of pyridine rings is 1. The van der Waals surface area contributed by atoms with Gasteiger partial charge in [-0.2, -0.15) is 5.10 Å². The van der Waals surface area contributed by atoms with E-state index in [2.05, 4.69) is 39.5 Å². The predicted molar refractivity (Wildman–Crippen MR) is 119 cm³/mol. The van der Waals surface area contributed by atoms with Crippen molar-refractivity contribution in [1.29, 1.82) is 0 Å². The number of aromatic nitrogens is 3. The van der Waals surface area contributed by atoms with Crippen LogP contribution in [-0.2, 0) is 13.5 Å². The van der Waals surface area contributed by atoms with Gasteiger partial charge in [-0.3, -0.25) is 9.58 Å². The fourth-order valence-electron chi connectivity index (χ4n) is 4.74. The number of urea groups is 1. The number of nitrogens with zero attached hydrogens (tertiary/aromatic N) is 5. The highest BCUT2D eigenvalue weighted by molar-refractivity contribution is 6.04. The van der Waals surface area contributed by atoms with E-state index in [-0.39, 0.29) is 11.7 Å². The van der Waals surface area contributed by atoms with Crippen molar-refractivity contribution in [2.45, 2.75) is 32.4 Å². The number of piperazine rings is 1. The number of anilines is 3. The van der Waals surface area contributed by atoms with Crippen LogP contribution >= 0.6 is 0 Å². The summed E-state index contributed by atoms with van der Waals surface area (Å²) >= 11 is 0. The molecule has 1 saturated heterocycles. The van der Waals surface area contributed by atoms with Gasteiger partial charge < -0.3 is 15.5 Å². The quantitative estimate of drug-likeness (QED) is 0.663. The molecule has 2 aromatic heterocycles. The average molecular weight is 423 g/mol. The van der Waals surface area contributed by atoms with Crippen molar-refractivity contribution in [2.24, 2.45) is 7.05 Å². The van der Waals surface area contributed by atoms with Crippen molar-refractivity contribution in [3.63, 3.8) is 0 Å². The van der Waals surface area contributed by atoms with Crippen LogP contribution in [0.25, 0.3) is 10.9 Å². The lowest BCUT2D eigenvalue weighted by atomic mass is 10.1. The second kappa shape index (κ2) is 7.49. The third kappa shape index (κ3) is 3.59. The van der Waals surface area contributed by atoms with Gasteiger partial charge in [-0.25, -0.2) is 14.2 Å². The number of carbonyl (C=O) groups excluding carboxylic acids is 1. The van der Waals surface area contributed by atoms with E-state index in [4.69, 9.17) is 0 Å². The van der Waals surface area contributed by atoms with E-state index < -0.39 is 5.82 Å². The van der Waals surface area contributed by atoms with Gasteiger partial charge in [-0.15, -0.1) is 0 Å². The Morgan fingerprint density at radius 2 is 2.03 bits per heavy atom. The van der Waals surface area contributed by atoms with Crippen LogP contribution in [0.1, 0.15) is 19.4 Å². The highest BCUT2D eigenvalue weighted by Crippen LogP contribution is 2.35. The van der Waals surface area contributed by atoms with E-state index in [1.54, 1.807) is 35.1 Å². The number of hydrogen-bond donors (Lipinski definition) is 2. The summed E-state index contributed by atoms with van der Waals surface area (Å²) in [5, 5.41) is 11.2. The largest absolute Gasteiger partial charge is 0.368 e. The maximum absolute atomic E-state index is 14.5. The minimum atomic E-state index is -0.510. The van der Waals surface area contributed by atoms with E-state index in [0.717, 1.165) is 36.1 Å². The molecule has 2 N–H and O–H groups in total. The molecule has 162 valence electrons. The Balaban J connectivity index is 1.40.